The lowest BCUT2D eigenvalue weighted by molar-refractivity contribution is 0.277. The standard InChI is InChI=1S/C15H21FN2O/c1-10(2)18(3)6-5-11-9-17-13-7-12(16)8-14(19-4)15(11)13/h7-10,17H,5-6H2,1-4H3. The third-order valence-electron chi connectivity index (χ3n) is 3.63. The molecule has 0 aliphatic rings. The molecule has 2 aromatic rings. The minimum atomic E-state index is -0.281. The minimum Gasteiger partial charge on any atom is -0.496 e. The first-order chi connectivity index (χ1) is 9.02. The fraction of sp³-hybridized carbons (Fsp3) is 0.467. The monoisotopic (exact) mass is 264 g/mol. The van der Waals surface area contributed by atoms with E-state index in [0.29, 0.717) is 11.8 Å². The Kier molecular flexibility index (Phi) is 4.10. The molecule has 4 heteroatoms. The summed E-state index contributed by atoms with van der Waals surface area (Å²) in [6, 6.07) is 3.46. The van der Waals surface area contributed by atoms with Crippen molar-refractivity contribution in [1.82, 2.24) is 9.88 Å². The first kappa shape index (κ1) is 13.9. The largest absolute Gasteiger partial charge is 0.496 e. The molecule has 3 nitrogen and oxygen atoms in total. The Labute approximate surface area is 113 Å². The van der Waals surface area contributed by atoms with Crippen LogP contribution in [0.4, 0.5) is 4.39 Å². The number of nitrogens with zero attached hydrogens (tertiary/aromatic N) is 1. The molecule has 0 saturated heterocycles. The minimum absolute atomic E-state index is 0.281. The van der Waals surface area contributed by atoms with Crippen LogP contribution >= 0.6 is 0 Å². The van der Waals surface area contributed by atoms with E-state index in [-0.39, 0.29) is 5.82 Å². The summed E-state index contributed by atoms with van der Waals surface area (Å²) in [6.45, 7) is 5.31. The van der Waals surface area contributed by atoms with E-state index in [1.54, 1.807) is 7.11 Å². The lowest BCUT2D eigenvalue weighted by Gasteiger charge is -2.20. The van der Waals surface area contributed by atoms with Crippen LogP contribution in [-0.4, -0.2) is 36.6 Å². The molecule has 2 rings (SSSR count). The van der Waals surface area contributed by atoms with E-state index in [1.807, 2.05) is 6.20 Å². The van der Waals surface area contributed by atoms with Gasteiger partial charge in [0.1, 0.15) is 11.6 Å². The van der Waals surface area contributed by atoms with Crippen molar-refractivity contribution >= 4 is 10.9 Å². The van der Waals surface area contributed by atoms with Crippen LogP contribution in [0.3, 0.4) is 0 Å². The van der Waals surface area contributed by atoms with Crippen LogP contribution < -0.4 is 4.74 Å². The predicted octanol–water partition coefficient (Wildman–Crippen LogP) is 3.20. The lowest BCUT2D eigenvalue weighted by atomic mass is 10.1. The van der Waals surface area contributed by atoms with Crippen molar-refractivity contribution in [3.8, 4) is 5.75 Å². The fourth-order valence-electron chi connectivity index (χ4n) is 2.18. The summed E-state index contributed by atoms with van der Waals surface area (Å²) in [5, 5.41) is 0.987. The summed E-state index contributed by atoms with van der Waals surface area (Å²) >= 11 is 0. The molecule has 1 aromatic heterocycles. The molecule has 1 N–H and O–H groups in total. The zero-order chi connectivity index (χ0) is 14.0. The molecule has 1 heterocycles. The number of halogens is 1. The van der Waals surface area contributed by atoms with Gasteiger partial charge in [-0.05, 0) is 38.9 Å². The maximum atomic E-state index is 13.4. The maximum absolute atomic E-state index is 13.4. The van der Waals surface area contributed by atoms with Crippen molar-refractivity contribution in [3.63, 3.8) is 0 Å². The van der Waals surface area contributed by atoms with Crippen molar-refractivity contribution in [2.75, 3.05) is 20.7 Å². The topological polar surface area (TPSA) is 28.3 Å². The Balaban J connectivity index is 2.29. The first-order valence-electron chi connectivity index (χ1n) is 6.56. The number of nitrogens with one attached hydrogen (secondary N) is 1. The summed E-state index contributed by atoms with van der Waals surface area (Å²) in [4.78, 5) is 5.40. The zero-order valence-electron chi connectivity index (χ0n) is 12.0. The molecule has 0 aliphatic heterocycles. The number of likely N-dealkylation sites (N-methyl/N-ethyl adjacent to an activating group) is 1. The van der Waals surface area contributed by atoms with Crippen molar-refractivity contribution in [3.05, 3.63) is 29.7 Å². The van der Waals surface area contributed by atoms with E-state index in [9.17, 15) is 4.39 Å². The Morgan fingerprint density at radius 3 is 2.74 bits per heavy atom. The highest BCUT2D eigenvalue weighted by molar-refractivity contribution is 5.89. The zero-order valence-corrected chi connectivity index (χ0v) is 12.0. The van der Waals surface area contributed by atoms with Gasteiger partial charge in [0.05, 0.1) is 12.6 Å². The summed E-state index contributed by atoms with van der Waals surface area (Å²) in [6.07, 6.45) is 2.86. The molecule has 104 valence electrons. The normalized spacial score (nSPS) is 11.7. The first-order valence-corrected chi connectivity index (χ1v) is 6.56. The molecule has 0 amide bonds. The number of benzene rings is 1. The van der Waals surface area contributed by atoms with Crippen molar-refractivity contribution < 1.29 is 9.13 Å². The smallest absolute Gasteiger partial charge is 0.131 e. The molecule has 0 spiro atoms. The number of methoxy groups -OCH3 is 1. The van der Waals surface area contributed by atoms with E-state index >= 15 is 0 Å². The number of H-pyrrole nitrogens is 1. The number of fused-ring (bicyclic) bond motifs is 1. The Bertz CT molecular complexity index is 563. The highest BCUT2D eigenvalue weighted by Gasteiger charge is 2.12. The number of hydrogen-bond acceptors (Lipinski definition) is 2. The summed E-state index contributed by atoms with van der Waals surface area (Å²) in [5.74, 6) is 0.315. The number of rotatable bonds is 5. The summed E-state index contributed by atoms with van der Waals surface area (Å²) in [5.41, 5.74) is 1.96. The Hall–Kier alpha value is -1.55. The molecule has 1 aromatic carbocycles. The highest BCUT2D eigenvalue weighted by atomic mass is 19.1. The molecule has 0 aliphatic carbocycles. The van der Waals surface area contributed by atoms with Crippen LogP contribution in [0.25, 0.3) is 10.9 Å². The molecule has 0 unspecified atom stereocenters. The number of aromatic amines is 1. The average Bonchev–Trinajstić information content (AvgIpc) is 2.77. The second-order valence-electron chi connectivity index (χ2n) is 5.17. The van der Waals surface area contributed by atoms with Crippen LogP contribution in [0.2, 0.25) is 0 Å². The van der Waals surface area contributed by atoms with E-state index in [0.717, 1.165) is 23.9 Å². The van der Waals surface area contributed by atoms with Crippen LogP contribution in [0.1, 0.15) is 19.4 Å². The van der Waals surface area contributed by atoms with Crippen LogP contribution in [0.15, 0.2) is 18.3 Å². The van der Waals surface area contributed by atoms with Crippen LogP contribution in [-0.2, 0) is 6.42 Å². The molecular formula is C15H21FN2O. The van der Waals surface area contributed by atoms with Gasteiger partial charge in [0, 0.05) is 30.2 Å². The second kappa shape index (κ2) is 5.61. The van der Waals surface area contributed by atoms with E-state index in [1.165, 1.54) is 17.7 Å². The van der Waals surface area contributed by atoms with Gasteiger partial charge >= 0.3 is 0 Å². The molecule has 19 heavy (non-hydrogen) atoms. The fourth-order valence-corrected chi connectivity index (χ4v) is 2.18. The third-order valence-corrected chi connectivity index (χ3v) is 3.63. The Morgan fingerprint density at radius 1 is 1.37 bits per heavy atom. The van der Waals surface area contributed by atoms with Crippen molar-refractivity contribution in [2.24, 2.45) is 0 Å². The van der Waals surface area contributed by atoms with Crippen LogP contribution in [0.5, 0.6) is 5.75 Å². The Morgan fingerprint density at radius 2 is 2.11 bits per heavy atom. The van der Waals surface area contributed by atoms with Gasteiger partial charge in [-0.15, -0.1) is 0 Å². The highest BCUT2D eigenvalue weighted by Crippen LogP contribution is 2.30. The second-order valence-corrected chi connectivity index (χ2v) is 5.17. The van der Waals surface area contributed by atoms with Gasteiger partial charge in [0.2, 0.25) is 0 Å². The van der Waals surface area contributed by atoms with Gasteiger partial charge in [-0.3, -0.25) is 0 Å². The number of hydrogen-bond donors (Lipinski definition) is 1. The lowest BCUT2D eigenvalue weighted by Crippen LogP contribution is -2.28. The number of ether oxygens (including phenoxy) is 1. The molecule has 0 radical (unpaired) electrons. The van der Waals surface area contributed by atoms with Gasteiger partial charge in [-0.1, -0.05) is 0 Å². The quantitative estimate of drug-likeness (QED) is 0.898. The van der Waals surface area contributed by atoms with Gasteiger partial charge in [-0.2, -0.15) is 0 Å². The maximum Gasteiger partial charge on any atom is 0.131 e. The predicted molar refractivity (Wildman–Crippen MR) is 76.3 cm³/mol. The third kappa shape index (κ3) is 2.89. The summed E-state index contributed by atoms with van der Waals surface area (Å²) < 4.78 is 18.7. The van der Waals surface area contributed by atoms with Gasteiger partial charge in [0.25, 0.3) is 0 Å². The molecule has 0 atom stereocenters. The van der Waals surface area contributed by atoms with Crippen molar-refractivity contribution in [2.45, 2.75) is 26.3 Å². The number of aromatic nitrogens is 1. The molecule has 0 saturated carbocycles. The van der Waals surface area contributed by atoms with Crippen molar-refractivity contribution in [1.29, 1.82) is 0 Å². The summed E-state index contributed by atoms with van der Waals surface area (Å²) in [7, 11) is 3.68. The average molecular weight is 264 g/mol. The van der Waals surface area contributed by atoms with Gasteiger partial charge < -0.3 is 14.6 Å². The van der Waals surface area contributed by atoms with E-state index < -0.39 is 0 Å². The molecule has 0 bridgehead atoms. The van der Waals surface area contributed by atoms with Gasteiger partial charge in [-0.25, -0.2) is 4.39 Å². The van der Waals surface area contributed by atoms with Crippen LogP contribution in [0, 0.1) is 5.82 Å². The van der Waals surface area contributed by atoms with Gasteiger partial charge in [0.15, 0.2) is 0 Å². The molecular weight excluding hydrogens is 243 g/mol. The SMILES string of the molecule is COc1cc(F)cc2[nH]cc(CCN(C)C(C)C)c12. The van der Waals surface area contributed by atoms with E-state index in [4.69, 9.17) is 4.74 Å². The van der Waals surface area contributed by atoms with E-state index in [2.05, 4.69) is 30.8 Å². The molecule has 0 fully saturated rings.